The van der Waals surface area contributed by atoms with Gasteiger partial charge in [-0.2, -0.15) is 13.2 Å². The van der Waals surface area contributed by atoms with Gasteiger partial charge in [0.25, 0.3) is 5.91 Å². The second-order valence-corrected chi connectivity index (χ2v) is 5.44. The predicted octanol–water partition coefficient (Wildman–Crippen LogP) is 4.81. The number of halogens is 3. The number of rotatable bonds is 2. The summed E-state index contributed by atoms with van der Waals surface area (Å²) in [5.41, 5.74) is 0.897. The molecule has 1 heterocycles. The van der Waals surface area contributed by atoms with E-state index in [9.17, 15) is 18.0 Å². The highest BCUT2D eigenvalue weighted by Crippen LogP contribution is 2.30. The van der Waals surface area contributed by atoms with Crippen LogP contribution in [0, 0.1) is 6.92 Å². The lowest BCUT2D eigenvalue weighted by Crippen LogP contribution is -2.13. The summed E-state index contributed by atoms with van der Waals surface area (Å²) < 4.78 is 37.7. The molecule has 3 aromatic rings. The van der Waals surface area contributed by atoms with Gasteiger partial charge in [0.1, 0.15) is 0 Å². The van der Waals surface area contributed by atoms with Gasteiger partial charge in [0, 0.05) is 23.5 Å². The molecule has 0 aliphatic carbocycles. The second kappa shape index (κ2) is 5.96. The summed E-state index contributed by atoms with van der Waals surface area (Å²) in [5, 5.41) is 4.17. The largest absolute Gasteiger partial charge is 0.416 e. The quantitative estimate of drug-likeness (QED) is 0.732. The smallest absolute Gasteiger partial charge is 0.322 e. The van der Waals surface area contributed by atoms with Crippen LogP contribution in [0.4, 0.5) is 18.9 Å². The zero-order valence-corrected chi connectivity index (χ0v) is 12.7. The summed E-state index contributed by atoms with van der Waals surface area (Å²) in [7, 11) is 0. The van der Waals surface area contributed by atoms with Crippen molar-refractivity contribution in [2.24, 2.45) is 0 Å². The van der Waals surface area contributed by atoms with Crippen LogP contribution in [-0.4, -0.2) is 10.9 Å². The summed E-state index contributed by atoms with van der Waals surface area (Å²) in [5.74, 6) is -0.418. The highest BCUT2D eigenvalue weighted by Gasteiger charge is 2.30. The Kier molecular flexibility index (Phi) is 3.97. The van der Waals surface area contributed by atoms with Crippen LogP contribution in [0.5, 0.6) is 0 Å². The number of aryl methyl sites for hydroxylation is 1. The Labute approximate surface area is 136 Å². The van der Waals surface area contributed by atoms with Gasteiger partial charge in [-0.15, -0.1) is 0 Å². The summed E-state index contributed by atoms with van der Waals surface area (Å²) in [4.78, 5) is 16.5. The molecule has 0 spiro atoms. The number of nitrogens with zero attached hydrogens (tertiary/aromatic N) is 1. The standard InChI is InChI=1S/C18H13F3N2O/c1-11-2-3-12-9-22-10-16(15(12)8-11)17(24)23-14-6-4-13(5-7-14)18(19,20)21/h2-10H,1H3,(H,23,24). The van der Waals surface area contributed by atoms with Crippen molar-refractivity contribution < 1.29 is 18.0 Å². The second-order valence-electron chi connectivity index (χ2n) is 5.44. The van der Waals surface area contributed by atoms with E-state index >= 15 is 0 Å². The molecule has 2 aromatic carbocycles. The first-order valence-corrected chi connectivity index (χ1v) is 7.17. The molecule has 1 N–H and O–H groups in total. The molecule has 0 saturated carbocycles. The van der Waals surface area contributed by atoms with Gasteiger partial charge in [0.05, 0.1) is 11.1 Å². The van der Waals surface area contributed by atoms with Crippen molar-refractivity contribution in [3.8, 4) is 0 Å². The van der Waals surface area contributed by atoms with Crippen LogP contribution in [0.3, 0.4) is 0 Å². The first-order chi connectivity index (χ1) is 11.3. The highest BCUT2D eigenvalue weighted by atomic mass is 19.4. The molecule has 3 rings (SSSR count). The van der Waals surface area contributed by atoms with Crippen molar-refractivity contribution in [2.75, 3.05) is 5.32 Å². The fourth-order valence-electron chi connectivity index (χ4n) is 2.40. The Morgan fingerprint density at radius 2 is 1.75 bits per heavy atom. The molecule has 0 aliphatic rings. The molecule has 122 valence electrons. The van der Waals surface area contributed by atoms with Crippen LogP contribution < -0.4 is 5.32 Å². The van der Waals surface area contributed by atoms with Gasteiger partial charge in [-0.1, -0.05) is 23.8 Å². The van der Waals surface area contributed by atoms with E-state index in [1.54, 1.807) is 6.20 Å². The molecular formula is C18H13F3N2O. The van der Waals surface area contributed by atoms with Crippen LogP contribution in [0.1, 0.15) is 21.5 Å². The van der Waals surface area contributed by atoms with E-state index in [-0.39, 0.29) is 5.69 Å². The van der Waals surface area contributed by atoms with Crippen molar-refractivity contribution in [1.29, 1.82) is 0 Å². The number of benzene rings is 2. The average Bonchev–Trinajstić information content (AvgIpc) is 2.53. The maximum absolute atomic E-state index is 12.6. The number of aromatic nitrogens is 1. The van der Waals surface area contributed by atoms with Crippen LogP contribution >= 0.6 is 0 Å². The maximum Gasteiger partial charge on any atom is 0.416 e. The zero-order chi connectivity index (χ0) is 17.3. The van der Waals surface area contributed by atoms with E-state index in [0.717, 1.165) is 28.5 Å². The molecule has 3 nitrogen and oxygen atoms in total. The number of carbonyl (C=O) groups is 1. The number of hydrogen-bond donors (Lipinski definition) is 1. The Balaban J connectivity index is 1.89. The summed E-state index contributed by atoms with van der Waals surface area (Å²) in [6.45, 7) is 1.91. The maximum atomic E-state index is 12.6. The lowest BCUT2D eigenvalue weighted by molar-refractivity contribution is -0.137. The van der Waals surface area contributed by atoms with E-state index in [0.29, 0.717) is 5.56 Å². The van der Waals surface area contributed by atoms with Gasteiger partial charge in [-0.3, -0.25) is 9.78 Å². The first kappa shape index (κ1) is 16.0. The predicted molar refractivity (Wildman–Crippen MR) is 85.9 cm³/mol. The third kappa shape index (κ3) is 3.22. The monoisotopic (exact) mass is 330 g/mol. The molecule has 0 radical (unpaired) electrons. The number of anilines is 1. The van der Waals surface area contributed by atoms with Crippen LogP contribution in [-0.2, 0) is 6.18 Å². The fourth-order valence-corrected chi connectivity index (χ4v) is 2.40. The zero-order valence-electron chi connectivity index (χ0n) is 12.7. The number of nitrogens with one attached hydrogen (secondary N) is 1. The van der Waals surface area contributed by atoms with Crippen molar-refractivity contribution in [2.45, 2.75) is 13.1 Å². The lowest BCUT2D eigenvalue weighted by atomic mass is 10.0. The van der Waals surface area contributed by atoms with Crippen LogP contribution in [0.15, 0.2) is 54.9 Å². The summed E-state index contributed by atoms with van der Waals surface area (Å²) >= 11 is 0. The van der Waals surface area contributed by atoms with Gasteiger partial charge in [-0.25, -0.2) is 0 Å². The van der Waals surface area contributed by atoms with E-state index in [4.69, 9.17) is 0 Å². The van der Waals surface area contributed by atoms with Crippen molar-refractivity contribution >= 4 is 22.4 Å². The van der Waals surface area contributed by atoms with E-state index in [2.05, 4.69) is 10.3 Å². The molecule has 1 aromatic heterocycles. The topological polar surface area (TPSA) is 42.0 Å². The Morgan fingerprint density at radius 3 is 2.42 bits per heavy atom. The van der Waals surface area contributed by atoms with Gasteiger partial charge < -0.3 is 5.32 Å². The van der Waals surface area contributed by atoms with E-state index in [1.165, 1.54) is 18.3 Å². The fraction of sp³-hybridized carbons (Fsp3) is 0.111. The highest BCUT2D eigenvalue weighted by molar-refractivity contribution is 6.12. The minimum Gasteiger partial charge on any atom is -0.322 e. The number of fused-ring (bicyclic) bond motifs is 1. The molecule has 0 unspecified atom stereocenters. The van der Waals surface area contributed by atoms with Crippen LogP contribution in [0.2, 0.25) is 0 Å². The average molecular weight is 330 g/mol. The van der Waals surface area contributed by atoms with Crippen molar-refractivity contribution in [3.63, 3.8) is 0 Å². The molecule has 1 amide bonds. The Bertz CT molecular complexity index is 902. The third-order valence-corrected chi connectivity index (χ3v) is 3.63. The Hall–Kier alpha value is -2.89. The van der Waals surface area contributed by atoms with Crippen molar-refractivity contribution in [3.05, 3.63) is 71.5 Å². The van der Waals surface area contributed by atoms with Gasteiger partial charge in [0.15, 0.2) is 0 Å². The molecule has 0 atom stereocenters. The molecule has 0 saturated heterocycles. The van der Waals surface area contributed by atoms with Gasteiger partial charge >= 0.3 is 6.18 Å². The lowest BCUT2D eigenvalue weighted by Gasteiger charge is -2.10. The number of amides is 1. The Morgan fingerprint density at radius 1 is 1.04 bits per heavy atom. The molecule has 24 heavy (non-hydrogen) atoms. The molecule has 0 fully saturated rings. The number of hydrogen-bond acceptors (Lipinski definition) is 2. The third-order valence-electron chi connectivity index (χ3n) is 3.63. The summed E-state index contributed by atoms with van der Waals surface area (Å²) in [6, 6.07) is 9.98. The first-order valence-electron chi connectivity index (χ1n) is 7.17. The minimum absolute atomic E-state index is 0.289. The molecular weight excluding hydrogens is 317 g/mol. The van der Waals surface area contributed by atoms with E-state index in [1.807, 2.05) is 25.1 Å². The number of alkyl halides is 3. The molecule has 0 aliphatic heterocycles. The van der Waals surface area contributed by atoms with Gasteiger partial charge in [-0.05, 0) is 36.6 Å². The van der Waals surface area contributed by atoms with Gasteiger partial charge in [0.2, 0.25) is 0 Å². The summed E-state index contributed by atoms with van der Waals surface area (Å²) in [6.07, 6.45) is -1.30. The number of carbonyl (C=O) groups excluding carboxylic acids is 1. The minimum atomic E-state index is -4.40. The SMILES string of the molecule is Cc1ccc2cncc(C(=O)Nc3ccc(C(F)(F)F)cc3)c2c1. The van der Waals surface area contributed by atoms with Crippen molar-refractivity contribution in [1.82, 2.24) is 4.98 Å². The van der Waals surface area contributed by atoms with E-state index < -0.39 is 17.6 Å². The van der Waals surface area contributed by atoms with Crippen LogP contribution in [0.25, 0.3) is 10.8 Å². The number of pyridine rings is 1. The molecule has 6 heteroatoms. The molecule has 0 bridgehead atoms. The normalized spacial score (nSPS) is 11.5.